The summed E-state index contributed by atoms with van der Waals surface area (Å²) >= 11 is 1.75. The molecular weight excluding hydrogens is 282 g/mol. The molecule has 0 bridgehead atoms. The highest BCUT2D eigenvalue weighted by Gasteiger charge is 2.07. The third-order valence-electron chi connectivity index (χ3n) is 3.19. The molecule has 3 rings (SSSR count). The van der Waals surface area contributed by atoms with Gasteiger partial charge in [0, 0.05) is 21.8 Å². The minimum absolute atomic E-state index is 0.636. The fourth-order valence-electron chi connectivity index (χ4n) is 2.14. The number of hydrogen-bond acceptors (Lipinski definition) is 4. The van der Waals surface area contributed by atoms with Crippen molar-refractivity contribution in [3.05, 3.63) is 42.6 Å². The summed E-state index contributed by atoms with van der Waals surface area (Å²) in [6.45, 7) is 2.86. The normalized spacial score (nSPS) is 10.8. The Balaban J connectivity index is 1.96. The van der Waals surface area contributed by atoms with E-state index in [9.17, 15) is 0 Å². The summed E-state index contributed by atoms with van der Waals surface area (Å²) in [5.41, 5.74) is 1.12. The molecule has 0 saturated heterocycles. The van der Waals surface area contributed by atoms with Gasteiger partial charge >= 0.3 is 0 Å². The van der Waals surface area contributed by atoms with E-state index in [4.69, 9.17) is 9.47 Å². The number of hydrogen-bond donors (Lipinski definition) is 0. The molecule has 1 aromatic carbocycles. The third-order valence-corrected chi connectivity index (χ3v) is 4.34. The smallest absolute Gasteiger partial charge is 0.213 e. The summed E-state index contributed by atoms with van der Waals surface area (Å²) in [7, 11) is 1.63. The van der Waals surface area contributed by atoms with Crippen LogP contribution >= 0.6 is 11.3 Å². The van der Waals surface area contributed by atoms with E-state index in [2.05, 4.69) is 30.1 Å². The molecule has 108 valence electrons. The minimum atomic E-state index is 0.636. The predicted molar refractivity (Wildman–Crippen MR) is 87.4 cm³/mol. The summed E-state index contributed by atoms with van der Waals surface area (Å²) in [5.74, 6) is 1.57. The lowest BCUT2D eigenvalue weighted by Gasteiger charge is -2.03. The zero-order valence-electron chi connectivity index (χ0n) is 12.1. The van der Waals surface area contributed by atoms with E-state index in [1.807, 2.05) is 18.2 Å². The van der Waals surface area contributed by atoms with Crippen molar-refractivity contribution in [2.75, 3.05) is 13.7 Å². The van der Waals surface area contributed by atoms with Gasteiger partial charge in [-0.2, -0.15) is 0 Å². The SMILES string of the molecule is CCCOc1ccc2cc(-c3ccnc(OC)c3)sc2c1. The molecule has 0 fully saturated rings. The molecule has 0 aliphatic heterocycles. The van der Waals surface area contributed by atoms with Gasteiger partial charge in [-0.25, -0.2) is 4.98 Å². The Morgan fingerprint density at radius 3 is 2.86 bits per heavy atom. The van der Waals surface area contributed by atoms with E-state index in [0.29, 0.717) is 5.88 Å². The largest absolute Gasteiger partial charge is 0.494 e. The zero-order chi connectivity index (χ0) is 14.7. The van der Waals surface area contributed by atoms with Crippen LogP contribution in [0.2, 0.25) is 0 Å². The summed E-state index contributed by atoms with van der Waals surface area (Å²) in [6, 6.07) is 12.4. The van der Waals surface area contributed by atoms with Crippen molar-refractivity contribution in [3.8, 4) is 22.1 Å². The number of methoxy groups -OCH3 is 1. The molecule has 0 atom stereocenters. The molecule has 3 aromatic rings. The Bertz CT molecular complexity index is 751. The topological polar surface area (TPSA) is 31.4 Å². The van der Waals surface area contributed by atoms with E-state index in [0.717, 1.165) is 24.3 Å². The van der Waals surface area contributed by atoms with Gasteiger partial charge in [0.05, 0.1) is 13.7 Å². The van der Waals surface area contributed by atoms with Gasteiger partial charge in [0.15, 0.2) is 0 Å². The van der Waals surface area contributed by atoms with Crippen molar-refractivity contribution >= 4 is 21.4 Å². The van der Waals surface area contributed by atoms with Gasteiger partial charge in [-0.3, -0.25) is 0 Å². The van der Waals surface area contributed by atoms with E-state index < -0.39 is 0 Å². The highest BCUT2D eigenvalue weighted by atomic mass is 32.1. The second-order valence-corrected chi connectivity index (χ2v) is 5.83. The van der Waals surface area contributed by atoms with Crippen LogP contribution in [-0.2, 0) is 0 Å². The van der Waals surface area contributed by atoms with Crippen LogP contribution < -0.4 is 9.47 Å². The number of pyridine rings is 1. The molecule has 0 aliphatic carbocycles. The predicted octanol–water partition coefficient (Wildman–Crippen LogP) is 4.76. The zero-order valence-corrected chi connectivity index (χ0v) is 12.9. The van der Waals surface area contributed by atoms with Gasteiger partial charge in [-0.1, -0.05) is 6.92 Å². The van der Waals surface area contributed by atoms with Gasteiger partial charge < -0.3 is 9.47 Å². The van der Waals surface area contributed by atoms with Crippen LogP contribution in [0.5, 0.6) is 11.6 Å². The Hall–Kier alpha value is -2.07. The van der Waals surface area contributed by atoms with Crippen LogP contribution in [0.3, 0.4) is 0 Å². The minimum Gasteiger partial charge on any atom is -0.494 e. The average molecular weight is 299 g/mol. The van der Waals surface area contributed by atoms with E-state index in [1.165, 1.54) is 15.0 Å². The molecule has 21 heavy (non-hydrogen) atoms. The molecule has 0 amide bonds. The maximum atomic E-state index is 5.69. The third kappa shape index (κ3) is 3.00. The molecule has 0 radical (unpaired) electrons. The Kier molecular flexibility index (Phi) is 4.06. The first kappa shape index (κ1) is 13.9. The number of benzene rings is 1. The summed E-state index contributed by atoms with van der Waals surface area (Å²) in [4.78, 5) is 5.35. The number of rotatable bonds is 5. The molecule has 0 aliphatic rings. The highest BCUT2D eigenvalue weighted by Crippen LogP contribution is 2.36. The van der Waals surface area contributed by atoms with Gasteiger partial charge in [-0.15, -0.1) is 11.3 Å². The average Bonchev–Trinajstić information content (AvgIpc) is 2.96. The summed E-state index contributed by atoms with van der Waals surface area (Å²) in [5, 5.41) is 1.23. The first-order chi connectivity index (χ1) is 10.3. The van der Waals surface area contributed by atoms with Crippen LogP contribution in [-0.4, -0.2) is 18.7 Å². The monoisotopic (exact) mass is 299 g/mol. The van der Waals surface area contributed by atoms with Crippen molar-refractivity contribution in [1.82, 2.24) is 4.98 Å². The van der Waals surface area contributed by atoms with E-state index in [-0.39, 0.29) is 0 Å². The fraction of sp³-hybridized carbons (Fsp3) is 0.235. The van der Waals surface area contributed by atoms with Crippen molar-refractivity contribution in [2.24, 2.45) is 0 Å². The van der Waals surface area contributed by atoms with Gasteiger partial charge in [0.2, 0.25) is 5.88 Å². The van der Waals surface area contributed by atoms with Crippen LogP contribution in [0.4, 0.5) is 0 Å². The van der Waals surface area contributed by atoms with E-state index in [1.54, 1.807) is 24.6 Å². The standard InChI is InChI=1S/C17H17NO2S/c1-3-8-20-14-5-4-12-9-15(21-16(12)11-14)13-6-7-18-17(10-13)19-2/h4-7,9-11H,3,8H2,1-2H3. The fourth-order valence-corrected chi connectivity index (χ4v) is 3.23. The maximum Gasteiger partial charge on any atom is 0.213 e. The molecule has 3 nitrogen and oxygen atoms in total. The lowest BCUT2D eigenvalue weighted by atomic mass is 10.2. The lowest BCUT2D eigenvalue weighted by molar-refractivity contribution is 0.318. The van der Waals surface area contributed by atoms with Gasteiger partial charge in [0.1, 0.15) is 5.75 Å². The van der Waals surface area contributed by atoms with Crippen molar-refractivity contribution in [1.29, 1.82) is 0 Å². The number of aromatic nitrogens is 1. The second-order valence-electron chi connectivity index (χ2n) is 4.75. The second kappa shape index (κ2) is 6.14. The molecule has 0 spiro atoms. The molecule has 4 heteroatoms. The molecule has 0 unspecified atom stereocenters. The molecule has 2 aromatic heterocycles. The summed E-state index contributed by atoms with van der Waals surface area (Å²) < 4.78 is 12.1. The number of nitrogens with zero attached hydrogens (tertiary/aromatic N) is 1. The molecule has 0 N–H and O–H groups in total. The Morgan fingerprint density at radius 2 is 2.05 bits per heavy atom. The first-order valence-electron chi connectivity index (χ1n) is 6.97. The van der Waals surface area contributed by atoms with Crippen molar-refractivity contribution in [2.45, 2.75) is 13.3 Å². The maximum absolute atomic E-state index is 5.69. The summed E-state index contributed by atoms with van der Waals surface area (Å²) in [6.07, 6.45) is 2.79. The van der Waals surface area contributed by atoms with Crippen LogP contribution in [0, 0.1) is 0 Å². The lowest BCUT2D eigenvalue weighted by Crippen LogP contribution is -1.93. The van der Waals surface area contributed by atoms with Gasteiger partial charge in [-0.05, 0) is 47.7 Å². The first-order valence-corrected chi connectivity index (χ1v) is 7.78. The van der Waals surface area contributed by atoms with Crippen LogP contribution in [0.15, 0.2) is 42.6 Å². The molecule has 2 heterocycles. The van der Waals surface area contributed by atoms with Gasteiger partial charge in [0.25, 0.3) is 0 Å². The number of ether oxygens (including phenoxy) is 2. The number of fused-ring (bicyclic) bond motifs is 1. The van der Waals surface area contributed by atoms with Crippen LogP contribution in [0.25, 0.3) is 20.5 Å². The number of thiophene rings is 1. The quantitative estimate of drug-likeness (QED) is 0.680. The van der Waals surface area contributed by atoms with Crippen molar-refractivity contribution in [3.63, 3.8) is 0 Å². The Morgan fingerprint density at radius 1 is 1.14 bits per heavy atom. The van der Waals surface area contributed by atoms with Crippen molar-refractivity contribution < 1.29 is 9.47 Å². The highest BCUT2D eigenvalue weighted by molar-refractivity contribution is 7.22. The Labute approximate surface area is 128 Å². The molecular formula is C17H17NO2S. The molecule has 0 saturated carbocycles. The van der Waals surface area contributed by atoms with Crippen LogP contribution in [0.1, 0.15) is 13.3 Å². The van der Waals surface area contributed by atoms with E-state index >= 15 is 0 Å².